The molecule has 1 atom stereocenters. The highest BCUT2D eigenvalue weighted by Gasteiger charge is 2.28. The summed E-state index contributed by atoms with van der Waals surface area (Å²) in [6.07, 6.45) is 3.64. The molecule has 1 aliphatic rings. The first-order valence-electron chi connectivity index (χ1n) is 7.61. The van der Waals surface area contributed by atoms with Gasteiger partial charge in [0.1, 0.15) is 0 Å². The molecule has 0 unspecified atom stereocenters. The first-order valence-corrected chi connectivity index (χ1v) is 7.61. The fourth-order valence-corrected chi connectivity index (χ4v) is 2.92. The number of ether oxygens (including phenoxy) is 1. The molecular formula is C16H18N4O3. The highest BCUT2D eigenvalue weighted by molar-refractivity contribution is 5.44. The fourth-order valence-electron chi connectivity index (χ4n) is 2.92. The third-order valence-corrected chi connectivity index (χ3v) is 4.11. The fraction of sp³-hybridized carbons (Fsp3) is 0.375. The second kappa shape index (κ2) is 6.02. The van der Waals surface area contributed by atoms with Gasteiger partial charge in [-0.25, -0.2) is 0 Å². The van der Waals surface area contributed by atoms with E-state index in [1.54, 1.807) is 12.3 Å². The Morgan fingerprint density at radius 1 is 1.30 bits per heavy atom. The van der Waals surface area contributed by atoms with Crippen LogP contribution in [0.25, 0.3) is 11.6 Å². The van der Waals surface area contributed by atoms with Crippen LogP contribution in [0.3, 0.4) is 0 Å². The first-order chi connectivity index (χ1) is 11.3. The molecule has 23 heavy (non-hydrogen) atoms. The molecule has 0 saturated carbocycles. The highest BCUT2D eigenvalue weighted by Crippen LogP contribution is 2.26. The lowest BCUT2D eigenvalue weighted by Crippen LogP contribution is -2.39. The van der Waals surface area contributed by atoms with Gasteiger partial charge in [-0.1, -0.05) is 5.16 Å². The molecule has 4 rings (SSSR count). The van der Waals surface area contributed by atoms with E-state index in [2.05, 4.69) is 25.7 Å². The number of aromatic nitrogens is 3. The van der Waals surface area contributed by atoms with Gasteiger partial charge in [-0.3, -0.25) is 4.90 Å². The summed E-state index contributed by atoms with van der Waals surface area (Å²) < 4.78 is 18.4. The lowest BCUT2D eigenvalue weighted by Gasteiger charge is -2.34. The molecule has 0 amide bonds. The van der Waals surface area contributed by atoms with Gasteiger partial charge in [0.2, 0.25) is 11.7 Å². The van der Waals surface area contributed by atoms with Crippen molar-refractivity contribution in [2.45, 2.75) is 12.6 Å². The molecule has 0 aliphatic carbocycles. The Labute approximate surface area is 133 Å². The van der Waals surface area contributed by atoms with E-state index >= 15 is 0 Å². The van der Waals surface area contributed by atoms with Gasteiger partial charge in [0, 0.05) is 25.5 Å². The van der Waals surface area contributed by atoms with E-state index in [1.165, 1.54) is 5.69 Å². The molecule has 0 radical (unpaired) electrons. The zero-order chi connectivity index (χ0) is 15.6. The van der Waals surface area contributed by atoms with Crippen molar-refractivity contribution in [2.24, 2.45) is 7.05 Å². The molecule has 1 fully saturated rings. The van der Waals surface area contributed by atoms with Crippen molar-refractivity contribution in [3.8, 4) is 11.6 Å². The van der Waals surface area contributed by atoms with Crippen LogP contribution < -0.4 is 0 Å². The van der Waals surface area contributed by atoms with Crippen LogP contribution in [-0.4, -0.2) is 39.4 Å². The van der Waals surface area contributed by atoms with Gasteiger partial charge in [0.15, 0.2) is 5.76 Å². The number of rotatable bonds is 4. The van der Waals surface area contributed by atoms with Crippen molar-refractivity contribution >= 4 is 0 Å². The molecule has 3 aromatic rings. The predicted molar refractivity (Wildman–Crippen MR) is 81.4 cm³/mol. The summed E-state index contributed by atoms with van der Waals surface area (Å²) in [5.41, 5.74) is 1.22. The van der Waals surface area contributed by atoms with Crippen LogP contribution in [-0.2, 0) is 18.3 Å². The minimum Gasteiger partial charge on any atom is -0.461 e. The van der Waals surface area contributed by atoms with Crippen LogP contribution in [0, 0.1) is 0 Å². The van der Waals surface area contributed by atoms with Gasteiger partial charge in [-0.2, -0.15) is 4.98 Å². The summed E-state index contributed by atoms with van der Waals surface area (Å²) in [6.45, 7) is 2.79. The molecule has 7 nitrogen and oxygen atoms in total. The molecule has 0 N–H and O–H groups in total. The van der Waals surface area contributed by atoms with Crippen molar-refractivity contribution in [1.29, 1.82) is 0 Å². The summed E-state index contributed by atoms with van der Waals surface area (Å²) in [5.74, 6) is 1.67. The third-order valence-electron chi connectivity index (χ3n) is 4.11. The first kappa shape index (κ1) is 14.2. The number of aryl methyl sites for hydroxylation is 1. The topological polar surface area (TPSA) is 69.5 Å². The molecule has 1 saturated heterocycles. The zero-order valence-corrected chi connectivity index (χ0v) is 12.9. The van der Waals surface area contributed by atoms with Crippen LogP contribution in [0.4, 0.5) is 0 Å². The number of hydrogen-bond acceptors (Lipinski definition) is 6. The van der Waals surface area contributed by atoms with Gasteiger partial charge >= 0.3 is 0 Å². The Morgan fingerprint density at radius 3 is 3.04 bits per heavy atom. The van der Waals surface area contributed by atoms with Crippen molar-refractivity contribution in [1.82, 2.24) is 19.6 Å². The van der Waals surface area contributed by atoms with Crippen molar-refractivity contribution in [2.75, 3.05) is 19.8 Å². The smallest absolute Gasteiger partial charge is 0.241 e. The van der Waals surface area contributed by atoms with Gasteiger partial charge in [0.05, 0.1) is 32.1 Å². The Bertz CT molecular complexity index is 762. The summed E-state index contributed by atoms with van der Waals surface area (Å²) in [6, 6.07) is 7.97. The molecule has 120 valence electrons. The summed E-state index contributed by atoms with van der Waals surface area (Å²) in [4.78, 5) is 6.73. The van der Waals surface area contributed by atoms with Gasteiger partial charge in [0.25, 0.3) is 0 Å². The zero-order valence-electron chi connectivity index (χ0n) is 12.9. The monoisotopic (exact) mass is 314 g/mol. The third kappa shape index (κ3) is 2.80. The molecule has 0 spiro atoms. The number of morpholine rings is 1. The molecule has 4 heterocycles. The van der Waals surface area contributed by atoms with Crippen LogP contribution >= 0.6 is 0 Å². The molecule has 0 bridgehead atoms. The summed E-state index contributed by atoms with van der Waals surface area (Å²) >= 11 is 0. The second-order valence-corrected chi connectivity index (χ2v) is 5.59. The summed E-state index contributed by atoms with van der Waals surface area (Å²) in [5, 5.41) is 3.99. The number of nitrogens with zero attached hydrogens (tertiary/aromatic N) is 4. The van der Waals surface area contributed by atoms with E-state index < -0.39 is 0 Å². The largest absolute Gasteiger partial charge is 0.461 e. The van der Waals surface area contributed by atoms with Crippen LogP contribution in [0.15, 0.2) is 45.7 Å². The van der Waals surface area contributed by atoms with E-state index in [4.69, 9.17) is 13.7 Å². The maximum Gasteiger partial charge on any atom is 0.241 e. The molecule has 3 aromatic heterocycles. The molecule has 1 aliphatic heterocycles. The lowest BCUT2D eigenvalue weighted by atomic mass is 10.1. The molecule has 0 aromatic carbocycles. The quantitative estimate of drug-likeness (QED) is 0.735. The standard InChI is InChI=1S/C16H18N4O3/c1-19-6-2-4-12(19)13-11-21-9-7-20(13)10-15-17-16(18-23-15)14-5-3-8-22-14/h2-6,8,13H,7,9-11H2,1H3/t13-/m1/s1. The van der Waals surface area contributed by atoms with E-state index in [0.29, 0.717) is 37.2 Å². The Kier molecular flexibility index (Phi) is 3.72. The van der Waals surface area contributed by atoms with Gasteiger partial charge in [-0.15, -0.1) is 0 Å². The highest BCUT2D eigenvalue weighted by atomic mass is 16.5. The summed E-state index contributed by atoms with van der Waals surface area (Å²) in [7, 11) is 2.05. The SMILES string of the molecule is Cn1cccc1[C@H]1COCCN1Cc1nc(-c2ccco2)no1. The molecule has 7 heteroatoms. The van der Waals surface area contributed by atoms with Crippen molar-refractivity contribution < 1.29 is 13.7 Å². The maximum atomic E-state index is 5.66. The van der Waals surface area contributed by atoms with E-state index in [0.717, 1.165) is 6.54 Å². The normalized spacial score (nSPS) is 19.3. The number of hydrogen-bond donors (Lipinski definition) is 0. The van der Waals surface area contributed by atoms with E-state index in [-0.39, 0.29) is 6.04 Å². The molecular weight excluding hydrogens is 296 g/mol. The second-order valence-electron chi connectivity index (χ2n) is 5.59. The Hall–Kier alpha value is -2.38. The van der Waals surface area contributed by atoms with Crippen LogP contribution in [0.5, 0.6) is 0 Å². The predicted octanol–water partition coefficient (Wildman–Crippen LogP) is 2.24. The Balaban J connectivity index is 1.53. The minimum absolute atomic E-state index is 0.183. The van der Waals surface area contributed by atoms with Crippen LogP contribution in [0.2, 0.25) is 0 Å². The van der Waals surface area contributed by atoms with Crippen LogP contribution in [0.1, 0.15) is 17.6 Å². The van der Waals surface area contributed by atoms with Gasteiger partial charge in [-0.05, 0) is 24.3 Å². The Morgan fingerprint density at radius 2 is 2.26 bits per heavy atom. The van der Waals surface area contributed by atoms with Crippen molar-refractivity contribution in [3.63, 3.8) is 0 Å². The van der Waals surface area contributed by atoms with E-state index in [1.807, 2.05) is 25.4 Å². The van der Waals surface area contributed by atoms with Crippen molar-refractivity contribution in [3.05, 3.63) is 48.3 Å². The average molecular weight is 314 g/mol. The van der Waals surface area contributed by atoms with Gasteiger partial charge < -0.3 is 18.2 Å². The number of furan rings is 1. The van der Waals surface area contributed by atoms with E-state index in [9.17, 15) is 0 Å². The maximum absolute atomic E-state index is 5.66. The minimum atomic E-state index is 0.183. The lowest BCUT2D eigenvalue weighted by molar-refractivity contribution is -0.0192. The average Bonchev–Trinajstić information content (AvgIpc) is 3.29.